The number of aromatic amines is 1. The maximum Gasteiger partial charge on any atom is 0.224 e. The number of aromatic nitrogens is 2. The normalized spacial score (nSPS) is 12.5. The fraction of sp³-hybridized carbons (Fsp3) is 0.211. The summed E-state index contributed by atoms with van der Waals surface area (Å²) in [7, 11) is 0. The van der Waals surface area contributed by atoms with Gasteiger partial charge in [0.05, 0.1) is 16.8 Å². The predicted octanol–water partition coefficient (Wildman–Crippen LogP) is 3.76. The highest BCUT2D eigenvalue weighted by Gasteiger charge is 2.30. The van der Waals surface area contributed by atoms with Gasteiger partial charge in [-0.15, -0.1) is 0 Å². The maximum absolute atomic E-state index is 13.0. The number of carbonyl (C=O) groups is 2. The van der Waals surface area contributed by atoms with Crippen molar-refractivity contribution in [1.82, 2.24) is 10.2 Å². The summed E-state index contributed by atoms with van der Waals surface area (Å²) in [5, 5.41) is 11.0. The van der Waals surface area contributed by atoms with Crippen LogP contribution < -0.4 is 5.32 Å². The number of carbonyl (C=O) groups excluding carboxylic acids is 2. The van der Waals surface area contributed by atoms with Gasteiger partial charge in [0.25, 0.3) is 0 Å². The van der Waals surface area contributed by atoms with E-state index in [-0.39, 0.29) is 17.6 Å². The molecule has 24 heavy (non-hydrogen) atoms. The molecular formula is C19H17N3O2. The van der Waals surface area contributed by atoms with Gasteiger partial charge >= 0.3 is 0 Å². The molecule has 1 aliphatic rings. The van der Waals surface area contributed by atoms with Crippen LogP contribution in [0.4, 0.5) is 5.69 Å². The van der Waals surface area contributed by atoms with Crippen molar-refractivity contribution in [3.63, 3.8) is 0 Å². The summed E-state index contributed by atoms with van der Waals surface area (Å²) in [5.41, 5.74) is 4.07. The van der Waals surface area contributed by atoms with E-state index in [4.69, 9.17) is 0 Å². The van der Waals surface area contributed by atoms with Crippen LogP contribution >= 0.6 is 0 Å². The number of ketones is 1. The largest absolute Gasteiger partial charge is 0.325 e. The standard InChI is InChI=1S/C19H17N3O2/c1-10(2)9-15(23)20-13-7-8-14-16-17(13)19(24)12-6-4-3-5-11(12)18(16)22-21-14/h3-8,10H,9H2,1-2H3,(H,20,23)(H,21,22). The molecule has 2 aromatic carbocycles. The molecule has 0 unspecified atom stereocenters. The average molecular weight is 319 g/mol. The number of anilines is 1. The quantitative estimate of drug-likeness (QED) is 0.604. The van der Waals surface area contributed by atoms with Gasteiger partial charge in [0.1, 0.15) is 5.69 Å². The van der Waals surface area contributed by atoms with Crippen molar-refractivity contribution in [3.05, 3.63) is 47.5 Å². The first-order valence-corrected chi connectivity index (χ1v) is 8.01. The molecule has 0 aliphatic heterocycles. The number of hydrogen-bond donors (Lipinski definition) is 2. The van der Waals surface area contributed by atoms with Crippen LogP contribution in [-0.2, 0) is 4.79 Å². The first-order valence-electron chi connectivity index (χ1n) is 8.01. The van der Waals surface area contributed by atoms with Crippen LogP contribution in [0.15, 0.2) is 36.4 Å². The molecule has 5 nitrogen and oxygen atoms in total. The minimum Gasteiger partial charge on any atom is -0.325 e. The molecule has 0 bridgehead atoms. The molecule has 0 saturated heterocycles. The van der Waals surface area contributed by atoms with Crippen LogP contribution in [0, 0.1) is 5.92 Å². The SMILES string of the molecule is CC(C)CC(=O)Nc1ccc2[nH]nc3c2c1C(=O)c1ccccc1-3. The molecule has 0 atom stereocenters. The molecule has 120 valence electrons. The van der Waals surface area contributed by atoms with Gasteiger partial charge < -0.3 is 5.32 Å². The molecule has 4 rings (SSSR count). The third-order valence-corrected chi connectivity index (χ3v) is 4.25. The van der Waals surface area contributed by atoms with Crippen LogP contribution in [0.5, 0.6) is 0 Å². The molecule has 1 heterocycles. The Bertz CT molecular complexity index is 985. The zero-order chi connectivity index (χ0) is 16.8. The van der Waals surface area contributed by atoms with Crippen LogP contribution in [-0.4, -0.2) is 21.9 Å². The minimum absolute atomic E-state index is 0.0788. The van der Waals surface area contributed by atoms with E-state index in [1.165, 1.54) is 0 Å². The third-order valence-electron chi connectivity index (χ3n) is 4.25. The number of nitrogens with one attached hydrogen (secondary N) is 2. The molecule has 0 fully saturated rings. The van der Waals surface area contributed by atoms with Crippen LogP contribution in [0.3, 0.4) is 0 Å². The second-order valence-corrected chi connectivity index (χ2v) is 6.50. The molecular weight excluding hydrogens is 302 g/mol. The van der Waals surface area contributed by atoms with Crippen molar-refractivity contribution in [2.24, 2.45) is 5.92 Å². The predicted molar refractivity (Wildman–Crippen MR) is 93.0 cm³/mol. The van der Waals surface area contributed by atoms with Gasteiger partial charge in [0.15, 0.2) is 5.78 Å². The summed E-state index contributed by atoms with van der Waals surface area (Å²) < 4.78 is 0. The molecule has 1 amide bonds. The Morgan fingerprint density at radius 1 is 1.17 bits per heavy atom. The molecule has 0 saturated carbocycles. The van der Waals surface area contributed by atoms with Crippen LogP contribution in [0.1, 0.15) is 36.2 Å². The molecule has 1 aliphatic carbocycles. The summed E-state index contributed by atoms with van der Waals surface area (Å²) >= 11 is 0. The van der Waals surface area contributed by atoms with Crippen LogP contribution in [0.2, 0.25) is 0 Å². The van der Waals surface area contributed by atoms with Gasteiger partial charge in [-0.1, -0.05) is 38.1 Å². The Kier molecular flexibility index (Phi) is 3.23. The van der Waals surface area contributed by atoms with Crippen LogP contribution in [0.25, 0.3) is 22.2 Å². The van der Waals surface area contributed by atoms with Crippen molar-refractivity contribution in [1.29, 1.82) is 0 Å². The first kappa shape index (κ1) is 14.6. The van der Waals surface area contributed by atoms with E-state index in [0.717, 1.165) is 22.2 Å². The summed E-state index contributed by atoms with van der Waals surface area (Å²) in [4.78, 5) is 25.2. The fourth-order valence-corrected chi connectivity index (χ4v) is 3.24. The highest BCUT2D eigenvalue weighted by atomic mass is 16.1. The molecule has 0 radical (unpaired) electrons. The zero-order valence-corrected chi connectivity index (χ0v) is 13.5. The summed E-state index contributed by atoms with van der Waals surface area (Å²) in [6.45, 7) is 3.98. The van der Waals surface area contributed by atoms with Gasteiger partial charge in [-0.05, 0) is 18.1 Å². The Morgan fingerprint density at radius 2 is 1.92 bits per heavy atom. The number of nitrogens with zero attached hydrogens (tertiary/aromatic N) is 1. The molecule has 3 aromatic rings. The number of hydrogen-bond acceptors (Lipinski definition) is 3. The first-order chi connectivity index (χ1) is 11.6. The highest BCUT2D eigenvalue weighted by Crippen LogP contribution is 2.40. The third kappa shape index (κ3) is 2.12. The van der Waals surface area contributed by atoms with Crippen molar-refractivity contribution in [2.75, 3.05) is 5.32 Å². The zero-order valence-electron chi connectivity index (χ0n) is 13.5. The van der Waals surface area contributed by atoms with Gasteiger partial charge in [-0.2, -0.15) is 5.10 Å². The van der Waals surface area contributed by atoms with Crippen molar-refractivity contribution < 1.29 is 9.59 Å². The van der Waals surface area contributed by atoms with E-state index < -0.39 is 0 Å². The highest BCUT2D eigenvalue weighted by molar-refractivity contribution is 6.28. The van der Waals surface area contributed by atoms with E-state index in [2.05, 4.69) is 15.5 Å². The lowest BCUT2D eigenvalue weighted by Gasteiger charge is -2.18. The van der Waals surface area contributed by atoms with E-state index in [1.54, 1.807) is 12.1 Å². The van der Waals surface area contributed by atoms with Gasteiger partial charge in [-0.25, -0.2) is 0 Å². The number of benzene rings is 2. The average Bonchev–Trinajstić information content (AvgIpc) is 2.97. The number of H-pyrrole nitrogens is 1. The number of amides is 1. The molecule has 5 heteroatoms. The minimum atomic E-state index is -0.0858. The Morgan fingerprint density at radius 3 is 2.67 bits per heavy atom. The number of fused-ring (bicyclic) bond motifs is 2. The lowest BCUT2D eigenvalue weighted by molar-refractivity contribution is -0.116. The fourth-order valence-electron chi connectivity index (χ4n) is 3.24. The van der Waals surface area contributed by atoms with E-state index in [1.807, 2.05) is 38.1 Å². The monoisotopic (exact) mass is 319 g/mol. The van der Waals surface area contributed by atoms with E-state index in [0.29, 0.717) is 23.2 Å². The van der Waals surface area contributed by atoms with Gasteiger partial charge in [0.2, 0.25) is 5.91 Å². The van der Waals surface area contributed by atoms with Crippen molar-refractivity contribution >= 4 is 28.3 Å². The summed E-state index contributed by atoms with van der Waals surface area (Å²) in [6.07, 6.45) is 0.417. The Labute approximate surface area is 139 Å². The maximum atomic E-state index is 13.0. The molecule has 1 aromatic heterocycles. The molecule has 0 spiro atoms. The van der Waals surface area contributed by atoms with Crippen molar-refractivity contribution in [2.45, 2.75) is 20.3 Å². The lowest BCUT2D eigenvalue weighted by Crippen LogP contribution is -2.18. The Hall–Kier alpha value is -2.95. The second-order valence-electron chi connectivity index (χ2n) is 6.50. The van der Waals surface area contributed by atoms with Gasteiger partial charge in [-0.3, -0.25) is 14.7 Å². The smallest absolute Gasteiger partial charge is 0.224 e. The Balaban J connectivity index is 1.90. The van der Waals surface area contributed by atoms with Gasteiger partial charge in [0, 0.05) is 22.9 Å². The van der Waals surface area contributed by atoms with E-state index >= 15 is 0 Å². The molecule has 2 N–H and O–H groups in total. The number of rotatable bonds is 3. The lowest BCUT2D eigenvalue weighted by atomic mass is 9.86. The summed E-state index contributed by atoms with van der Waals surface area (Å²) in [5.74, 6) is 0.0910. The topological polar surface area (TPSA) is 74.8 Å². The van der Waals surface area contributed by atoms with Crippen molar-refractivity contribution in [3.8, 4) is 11.3 Å². The summed E-state index contributed by atoms with van der Waals surface area (Å²) in [6, 6.07) is 11.0. The van der Waals surface area contributed by atoms with E-state index in [9.17, 15) is 9.59 Å². The second kappa shape index (κ2) is 5.30.